The van der Waals surface area contributed by atoms with E-state index < -0.39 is 0 Å². The molecule has 0 atom stereocenters. The quantitative estimate of drug-likeness (QED) is 0.872. The van der Waals surface area contributed by atoms with Gasteiger partial charge < -0.3 is 10.4 Å². The normalized spacial score (nSPS) is 10.5. The molecule has 0 saturated carbocycles. The average Bonchev–Trinajstić information content (AvgIpc) is 2.41. The van der Waals surface area contributed by atoms with E-state index in [9.17, 15) is 0 Å². The van der Waals surface area contributed by atoms with E-state index in [1.807, 2.05) is 24.3 Å². The van der Waals surface area contributed by atoms with Crippen LogP contribution in [-0.4, -0.2) is 5.11 Å². The molecule has 2 heteroatoms. The van der Waals surface area contributed by atoms with Crippen molar-refractivity contribution in [2.45, 2.75) is 33.9 Å². The van der Waals surface area contributed by atoms with Gasteiger partial charge in [0.2, 0.25) is 0 Å². The average molecular weight is 255 g/mol. The number of aliphatic hydroxyl groups is 1. The Morgan fingerprint density at radius 3 is 2.42 bits per heavy atom. The zero-order chi connectivity index (χ0) is 13.8. The van der Waals surface area contributed by atoms with E-state index >= 15 is 0 Å². The lowest BCUT2D eigenvalue weighted by Crippen LogP contribution is -2.03. The molecule has 2 aromatic rings. The van der Waals surface area contributed by atoms with Crippen molar-refractivity contribution < 1.29 is 5.11 Å². The van der Waals surface area contributed by atoms with Gasteiger partial charge in [-0.1, -0.05) is 24.3 Å². The highest BCUT2D eigenvalue weighted by Gasteiger charge is 2.02. The first kappa shape index (κ1) is 13.6. The van der Waals surface area contributed by atoms with Crippen LogP contribution in [0.1, 0.15) is 27.8 Å². The van der Waals surface area contributed by atoms with Crippen molar-refractivity contribution in [3.05, 3.63) is 64.2 Å². The summed E-state index contributed by atoms with van der Waals surface area (Å²) in [5, 5.41) is 12.5. The second-order valence-corrected chi connectivity index (χ2v) is 5.07. The third-order valence-electron chi connectivity index (χ3n) is 3.54. The summed E-state index contributed by atoms with van der Waals surface area (Å²) in [6, 6.07) is 12.4. The molecule has 100 valence electrons. The minimum Gasteiger partial charge on any atom is -0.392 e. The van der Waals surface area contributed by atoms with Gasteiger partial charge in [-0.15, -0.1) is 0 Å². The van der Waals surface area contributed by atoms with Gasteiger partial charge >= 0.3 is 0 Å². The third kappa shape index (κ3) is 3.36. The van der Waals surface area contributed by atoms with E-state index in [4.69, 9.17) is 5.11 Å². The fraction of sp³-hybridized carbons (Fsp3) is 0.294. The highest BCUT2D eigenvalue weighted by atomic mass is 16.3. The molecule has 0 heterocycles. The Morgan fingerprint density at radius 2 is 1.68 bits per heavy atom. The van der Waals surface area contributed by atoms with Crippen LogP contribution in [0, 0.1) is 20.8 Å². The SMILES string of the molecule is Cc1cc(C)c(CNc2cccc(CO)c2)cc1C. The highest BCUT2D eigenvalue weighted by molar-refractivity contribution is 5.47. The zero-order valence-corrected chi connectivity index (χ0v) is 11.8. The number of aryl methyl sites for hydroxylation is 3. The van der Waals surface area contributed by atoms with Crippen molar-refractivity contribution in [2.24, 2.45) is 0 Å². The number of rotatable bonds is 4. The first-order chi connectivity index (χ1) is 9.10. The first-order valence-corrected chi connectivity index (χ1v) is 6.60. The van der Waals surface area contributed by atoms with Crippen LogP contribution >= 0.6 is 0 Å². The van der Waals surface area contributed by atoms with Crippen LogP contribution in [0.2, 0.25) is 0 Å². The zero-order valence-electron chi connectivity index (χ0n) is 11.8. The standard InChI is InChI=1S/C17H21NO/c1-12-7-14(3)16(8-13(12)2)10-18-17-6-4-5-15(9-17)11-19/h4-9,18-19H,10-11H2,1-3H3. The van der Waals surface area contributed by atoms with Crippen LogP contribution in [0.25, 0.3) is 0 Å². The molecular weight excluding hydrogens is 234 g/mol. The molecule has 2 N–H and O–H groups in total. The van der Waals surface area contributed by atoms with Crippen LogP contribution in [0.15, 0.2) is 36.4 Å². The lowest BCUT2D eigenvalue weighted by Gasteiger charge is -2.12. The molecule has 19 heavy (non-hydrogen) atoms. The van der Waals surface area contributed by atoms with Gasteiger partial charge in [0.1, 0.15) is 0 Å². The van der Waals surface area contributed by atoms with Gasteiger partial charge in [0.15, 0.2) is 0 Å². The molecule has 0 aromatic heterocycles. The number of hydrogen-bond acceptors (Lipinski definition) is 2. The van der Waals surface area contributed by atoms with E-state index in [-0.39, 0.29) is 6.61 Å². The van der Waals surface area contributed by atoms with E-state index in [1.165, 1.54) is 22.3 Å². The molecule has 0 saturated heterocycles. The molecule has 0 spiro atoms. The molecule has 0 radical (unpaired) electrons. The summed E-state index contributed by atoms with van der Waals surface area (Å²) in [5.41, 5.74) is 7.27. The van der Waals surface area contributed by atoms with Crippen molar-refractivity contribution in [3.63, 3.8) is 0 Å². The molecule has 0 fully saturated rings. The minimum atomic E-state index is 0.0815. The van der Waals surface area contributed by atoms with Gasteiger partial charge in [-0.25, -0.2) is 0 Å². The monoisotopic (exact) mass is 255 g/mol. The predicted molar refractivity (Wildman–Crippen MR) is 80.3 cm³/mol. The van der Waals surface area contributed by atoms with Crippen LogP contribution in [0.4, 0.5) is 5.69 Å². The molecule has 0 aliphatic rings. The second-order valence-electron chi connectivity index (χ2n) is 5.07. The van der Waals surface area contributed by atoms with E-state index in [1.54, 1.807) is 0 Å². The van der Waals surface area contributed by atoms with Gasteiger partial charge in [0.25, 0.3) is 0 Å². The Hall–Kier alpha value is -1.80. The summed E-state index contributed by atoms with van der Waals surface area (Å²) in [6.45, 7) is 7.32. The fourth-order valence-corrected chi connectivity index (χ4v) is 2.19. The first-order valence-electron chi connectivity index (χ1n) is 6.60. The number of benzene rings is 2. The molecule has 0 aliphatic carbocycles. The maximum Gasteiger partial charge on any atom is 0.0682 e. The lowest BCUT2D eigenvalue weighted by atomic mass is 10.0. The molecule has 0 unspecified atom stereocenters. The Labute approximate surface area is 115 Å². The van der Waals surface area contributed by atoms with Crippen LogP contribution in [-0.2, 0) is 13.2 Å². The highest BCUT2D eigenvalue weighted by Crippen LogP contribution is 2.17. The van der Waals surface area contributed by atoms with Gasteiger partial charge in [0, 0.05) is 12.2 Å². The van der Waals surface area contributed by atoms with Crippen molar-refractivity contribution >= 4 is 5.69 Å². The molecule has 2 rings (SSSR count). The molecule has 2 nitrogen and oxygen atoms in total. The Balaban J connectivity index is 2.12. The number of anilines is 1. The largest absolute Gasteiger partial charge is 0.392 e. The molecule has 0 amide bonds. The van der Waals surface area contributed by atoms with E-state index in [2.05, 4.69) is 38.2 Å². The summed E-state index contributed by atoms with van der Waals surface area (Å²) in [5.74, 6) is 0. The second kappa shape index (κ2) is 5.89. The summed E-state index contributed by atoms with van der Waals surface area (Å²) >= 11 is 0. The van der Waals surface area contributed by atoms with Crippen LogP contribution in [0.5, 0.6) is 0 Å². The third-order valence-corrected chi connectivity index (χ3v) is 3.54. The summed E-state index contributed by atoms with van der Waals surface area (Å²) < 4.78 is 0. The van der Waals surface area contributed by atoms with E-state index in [0.717, 1.165) is 17.8 Å². The maximum absolute atomic E-state index is 9.13. The van der Waals surface area contributed by atoms with Crippen LogP contribution < -0.4 is 5.32 Å². The summed E-state index contributed by atoms with van der Waals surface area (Å²) in [6.07, 6.45) is 0. The maximum atomic E-state index is 9.13. The summed E-state index contributed by atoms with van der Waals surface area (Å²) in [7, 11) is 0. The van der Waals surface area contributed by atoms with Crippen molar-refractivity contribution in [3.8, 4) is 0 Å². The molecule has 0 bridgehead atoms. The molecule has 2 aromatic carbocycles. The topological polar surface area (TPSA) is 32.3 Å². The lowest BCUT2D eigenvalue weighted by molar-refractivity contribution is 0.282. The molecule has 0 aliphatic heterocycles. The Bertz CT molecular complexity index is 575. The number of hydrogen-bond donors (Lipinski definition) is 2. The number of nitrogens with one attached hydrogen (secondary N) is 1. The van der Waals surface area contributed by atoms with Crippen molar-refractivity contribution in [1.29, 1.82) is 0 Å². The van der Waals surface area contributed by atoms with Gasteiger partial charge in [-0.3, -0.25) is 0 Å². The fourth-order valence-electron chi connectivity index (χ4n) is 2.19. The van der Waals surface area contributed by atoms with Gasteiger partial charge in [0.05, 0.1) is 6.61 Å². The Kier molecular flexibility index (Phi) is 4.23. The summed E-state index contributed by atoms with van der Waals surface area (Å²) in [4.78, 5) is 0. The number of aliphatic hydroxyl groups excluding tert-OH is 1. The molecular formula is C17H21NO. The van der Waals surface area contributed by atoms with Crippen LogP contribution in [0.3, 0.4) is 0 Å². The van der Waals surface area contributed by atoms with E-state index in [0.29, 0.717) is 0 Å². The Morgan fingerprint density at radius 1 is 0.947 bits per heavy atom. The minimum absolute atomic E-state index is 0.0815. The van der Waals surface area contributed by atoms with Gasteiger partial charge in [-0.2, -0.15) is 0 Å². The van der Waals surface area contributed by atoms with Crippen molar-refractivity contribution in [1.82, 2.24) is 0 Å². The smallest absolute Gasteiger partial charge is 0.0682 e. The van der Waals surface area contributed by atoms with Crippen molar-refractivity contribution in [2.75, 3.05) is 5.32 Å². The predicted octanol–water partition coefficient (Wildman–Crippen LogP) is 3.72. The van der Waals surface area contributed by atoms with Gasteiger partial charge in [-0.05, 0) is 60.7 Å².